The molecular formula is C14H14O5. The van der Waals surface area contributed by atoms with Crippen LogP contribution in [0.2, 0.25) is 0 Å². The number of rotatable bonds is 4. The summed E-state index contributed by atoms with van der Waals surface area (Å²) in [5, 5.41) is 0. The van der Waals surface area contributed by atoms with Crippen LogP contribution in [0.3, 0.4) is 0 Å². The molecular weight excluding hydrogens is 248 g/mol. The molecule has 0 spiro atoms. The van der Waals surface area contributed by atoms with Gasteiger partial charge in [-0.2, -0.15) is 0 Å². The molecule has 0 atom stereocenters. The zero-order valence-corrected chi connectivity index (χ0v) is 10.8. The Kier molecular flexibility index (Phi) is 3.85. The van der Waals surface area contributed by atoms with Gasteiger partial charge in [0.05, 0.1) is 6.61 Å². The number of ketones is 1. The first-order chi connectivity index (χ1) is 9.11. The minimum absolute atomic E-state index is 0.0146. The fraction of sp³-hybridized carbons (Fsp3) is 0.286. The number of carbonyl (C=O) groups excluding carboxylic acids is 2. The molecule has 0 aromatic heterocycles. The summed E-state index contributed by atoms with van der Waals surface area (Å²) in [6.07, 6.45) is 1.49. The average Bonchev–Trinajstić information content (AvgIpc) is 2.83. The van der Waals surface area contributed by atoms with Gasteiger partial charge in [-0.1, -0.05) is 6.07 Å². The Morgan fingerprint density at radius 2 is 2.05 bits per heavy atom. The van der Waals surface area contributed by atoms with Crippen LogP contribution in [-0.2, 0) is 14.3 Å². The number of Topliss-reactive ketones (excluding diaryl/α,β-unsaturated/α-hetero) is 1. The molecule has 1 aliphatic rings. The summed E-state index contributed by atoms with van der Waals surface area (Å²) in [5.74, 6) is 0.293. The summed E-state index contributed by atoms with van der Waals surface area (Å²) in [6.45, 7) is 3.43. The fourth-order valence-corrected chi connectivity index (χ4v) is 1.68. The molecule has 0 fully saturated rings. The Morgan fingerprint density at radius 3 is 2.74 bits per heavy atom. The first kappa shape index (κ1) is 13.1. The van der Waals surface area contributed by atoms with Crippen molar-refractivity contribution < 1.29 is 23.8 Å². The molecule has 100 valence electrons. The van der Waals surface area contributed by atoms with Gasteiger partial charge in [-0.05, 0) is 37.6 Å². The molecule has 0 N–H and O–H groups in total. The Balaban J connectivity index is 2.31. The third-order valence-electron chi connectivity index (χ3n) is 2.58. The molecule has 5 heteroatoms. The Morgan fingerprint density at radius 1 is 1.32 bits per heavy atom. The van der Waals surface area contributed by atoms with Crippen LogP contribution in [0.15, 0.2) is 23.8 Å². The van der Waals surface area contributed by atoms with Gasteiger partial charge in [-0.25, -0.2) is 4.79 Å². The van der Waals surface area contributed by atoms with Crippen LogP contribution in [0.4, 0.5) is 0 Å². The molecule has 1 aromatic rings. The first-order valence-electron chi connectivity index (χ1n) is 5.91. The zero-order valence-electron chi connectivity index (χ0n) is 10.8. The highest BCUT2D eigenvalue weighted by Crippen LogP contribution is 2.33. The van der Waals surface area contributed by atoms with Crippen molar-refractivity contribution in [1.29, 1.82) is 0 Å². The molecule has 0 amide bonds. The second kappa shape index (κ2) is 5.56. The highest BCUT2D eigenvalue weighted by Gasteiger charge is 2.17. The van der Waals surface area contributed by atoms with Crippen molar-refractivity contribution in [2.75, 3.05) is 13.4 Å². The topological polar surface area (TPSA) is 61.8 Å². The highest BCUT2D eigenvalue weighted by atomic mass is 16.7. The maximum absolute atomic E-state index is 11.7. The van der Waals surface area contributed by atoms with Gasteiger partial charge < -0.3 is 14.2 Å². The number of benzene rings is 1. The number of carbonyl (C=O) groups is 2. The fourth-order valence-electron chi connectivity index (χ4n) is 1.68. The van der Waals surface area contributed by atoms with E-state index >= 15 is 0 Å². The van der Waals surface area contributed by atoms with E-state index in [0.717, 1.165) is 0 Å². The molecule has 0 aliphatic carbocycles. The third-order valence-corrected chi connectivity index (χ3v) is 2.58. The van der Waals surface area contributed by atoms with E-state index in [0.29, 0.717) is 17.1 Å². The summed E-state index contributed by atoms with van der Waals surface area (Å²) < 4.78 is 15.3. The van der Waals surface area contributed by atoms with Crippen LogP contribution >= 0.6 is 0 Å². The number of fused-ring (bicyclic) bond motifs is 1. The molecule has 0 radical (unpaired) electrons. The normalized spacial score (nSPS) is 13.3. The largest absolute Gasteiger partial charge is 0.462 e. The van der Waals surface area contributed by atoms with Crippen LogP contribution in [0, 0.1) is 0 Å². The van der Waals surface area contributed by atoms with E-state index in [9.17, 15) is 9.59 Å². The molecule has 5 nitrogen and oxygen atoms in total. The Labute approximate surface area is 110 Å². The molecule has 2 rings (SSSR count). The Bertz CT molecular complexity index is 545. The van der Waals surface area contributed by atoms with Gasteiger partial charge in [-0.15, -0.1) is 0 Å². The van der Waals surface area contributed by atoms with Gasteiger partial charge in [0.1, 0.15) is 5.57 Å². The van der Waals surface area contributed by atoms with E-state index in [1.165, 1.54) is 13.0 Å². The molecule has 1 aromatic carbocycles. The molecule has 0 saturated carbocycles. The molecule has 0 bridgehead atoms. The van der Waals surface area contributed by atoms with E-state index in [-0.39, 0.29) is 24.8 Å². The minimum atomic E-state index is -0.618. The van der Waals surface area contributed by atoms with Crippen LogP contribution in [-0.4, -0.2) is 25.2 Å². The monoisotopic (exact) mass is 262 g/mol. The third kappa shape index (κ3) is 2.93. The van der Waals surface area contributed by atoms with Crippen molar-refractivity contribution in [2.24, 2.45) is 0 Å². The smallest absolute Gasteiger partial charge is 0.341 e. The van der Waals surface area contributed by atoms with Gasteiger partial charge in [-0.3, -0.25) is 4.79 Å². The summed E-state index contributed by atoms with van der Waals surface area (Å²) >= 11 is 0. The lowest BCUT2D eigenvalue weighted by Gasteiger charge is -2.04. The van der Waals surface area contributed by atoms with E-state index in [2.05, 4.69) is 0 Å². The Hall–Kier alpha value is -2.30. The molecule has 0 saturated heterocycles. The molecule has 1 aliphatic heterocycles. The maximum Gasteiger partial charge on any atom is 0.341 e. The number of hydrogen-bond donors (Lipinski definition) is 0. The highest BCUT2D eigenvalue weighted by molar-refractivity contribution is 6.19. The summed E-state index contributed by atoms with van der Waals surface area (Å²) in [4.78, 5) is 23.1. The second-order valence-corrected chi connectivity index (χ2v) is 3.95. The number of hydrogen-bond acceptors (Lipinski definition) is 5. The lowest BCUT2D eigenvalue weighted by molar-refractivity contribution is -0.139. The summed E-state index contributed by atoms with van der Waals surface area (Å²) in [6, 6.07) is 5.19. The van der Waals surface area contributed by atoms with E-state index in [4.69, 9.17) is 14.2 Å². The van der Waals surface area contributed by atoms with E-state index in [1.54, 1.807) is 25.1 Å². The summed E-state index contributed by atoms with van der Waals surface area (Å²) in [7, 11) is 0. The number of ether oxygens (including phenoxy) is 3. The first-order valence-corrected chi connectivity index (χ1v) is 5.91. The standard InChI is InChI=1S/C14H14O5/c1-3-17-14(16)11(9(2)15)6-10-4-5-12-13(7-10)19-8-18-12/h4-7H,3,8H2,1-2H3. The molecule has 0 unspecified atom stereocenters. The van der Waals surface area contributed by atoms with Crippen LogP contribution in [0.5, 0.6) is 11.5 Å². The lowest BCUT2D eigenvalue weighted by atomic mass is 10.1. The maximum atomic E-state index is 11.7. The molecule has 19 heavy (non-hydrogen) atoms. The number of esters is 1. The van der Waals surface area contributed by atoms with Crippen LogP contribution in [0.1, 0.15) is 19.4 Å². The lowest BCUT2D eigenvalue weighted by Crippen LogP contribution is -2.13. The summed E-state index contributed by atoms with van der Waals surface area (Å²) in [5.41, 5.74) is 0.697. The van der Waals surface area contributed by atoms with E-state index in [1.807, 2.05) is 0 Å². The van der Waals surface area contributed by atoms with Crippen molar-refractivity contribution >= 4 is 17.8 Å². The van der Waals surface area contributed by atoms with Crippen LogP contribution in [0.25, 0.3) is 6.08 Å². The van der Waals surface area contributed by atoms with Gasteiger partial charge in [0.2, 0.25) is 6.79 Å². The second-order valence-electron chi connectivity index (χ2n) is 3.95. The van der Waals surface area contributed by atoms with Crippen molar-refractivity contribution in [3.8, 4) is 11.5 Å². The van der Waals surface area contributed by atoms with E-state index < -0.39 is 5.97 Å². The van der Waals surface area contributed by atoms with Crippen molar-refractivity contribution in [1.82, 2.24) is 0 Å². The molecule has 1 heterocycles. The quantitative estimate of drug-likeness (QED) is 0.359. The van der Waals surface area contributed by atoms with Crippen molar-refractivity contribution in [2.45, 2.75) is 13.8 Å². The average molecular weight is 262 g/mol. The van der Waals surface area contributed by atoms with Gasteiger partial charge >= 0.3 is 5.97 Å². The van der Waals surface area contributed by atoms with Crippen LogP contribution < -0.4 is 9.47 Å². The van der Waals surface area contributed by atoms with Gasteiger partial charge in [0.25, 0.3) is 0 Å². The minimum Gasteiger partial charge on any atom is -0.462 e. The van der Waals surface area contributed by atoms with Crippen molar-refractivity contribution in [3.05, 3.63) is 29.3 Å². The van der Waals surface area contributed by atoms with Crippen molar-refractivity contribution in [3.63, 3.8) is 0 Å². The predicted molar refractivity (Wildman–Crippen MR) is 67.9 cm³/mol. The van der Waals surface area contributed by atoms with Gasteiger partial charge in [0, 0.05) is 0 Å². The zero-order chi connectivity index (χ0) is 13.8. The SMILES string of the molecule is CCOC(=O)C(=Cc1ccc2c(c1)OCO2)C(C)=O. The predicted octanol–water partition coefficient (Wildman–Crippen LogP) is 1.95. The van der Waals surface area contributed by atoms with Gasteiger partial charge in [0.15, 0.2) is 17.3 Å².